The number of thioether (sulfide) groups is 3. The molecule has 5 heteroatoms. The van der Waals surface area contributed by atoms with Gasteiger partial charge >= 0.3 is 0 Å². The van der Waals surface area contributed by atoms with E-state index in [0.29, 0.717) is 0 Å². The van der Waals surface area contributed by atoms with Gasteiger partial charge in [-0.1, -0.05) is 18.7 Å². The van der Waals surface area contributed by atoms with Crippen molar-refractivity contribution in [3.8, 4) is 0 Å². The lowest BCUT2D eigenvalue weighted by atomic mass is 9.96. The van der Waals surface area contributed by atoms with Crippen molar-refractivity contribution >= 4 is 40.5 Å². The molecule has 2 fully saturated rings. The van der Waals surface area contributed by atoms with E-state index in [4.69, 9.17) is 4.99 Å². The molecule has 0 amide bonds. The quantitative estimate of drug-likeness (QED) is 0.863. The predicted octanol–water partition coefficient (Wildman–Crippen LogP) is 3.09. The van der Waals surface area contributed by atoms with Gasteiger partial charge in [-0.15, -0.1) is 0 Å². The molecule has 0 bridgehead atoms. The molecule has 98 valence electrons. The van der Waals surface area contributed by atoms with Crippen LogP contribution in [0.1, 0.15) is 26.7 Å². The Bertz CT molecular complexity index is 277. The second-order valence-corrected chi connectivity index (χ2v) is 8.49. The fourth-order valence-corrected chi connectivity index (χ4v) is 5.72. The van der Waals surface area contributed by atoms with Gasteiger partial charge in [-0.05, 0) is 19.8 Å². The Labute approximate surface area is 118 Å². The maximum absolute atomic E-state index is 4.78. The highest BCUT2D eigenvalue weighted by Crippen LogP contribution is 2.27. The van der Waals surface area contributed by atoms with Gasteiger partial charge in [0.05, 0.1) is 6.54 Å². The molecule has 2 rings (SSSR count). The summed E-state index contributed by atoms with van der Waals surface area (Å²) in [7, 11) is 0. The molecule has 2 aliphatic rings. The van der Waals surface area contributed by atoms with E-state index in [1.165, 1.54) is 41.0 Å². The van der Waals surface area contributed by atoms with Crippen molar-refractivity contribution in [2.75, 3.05) is 29.6 Å². The van der Waals surface area contributed by atoms with E-state index in [1.54, 1.807) is 0 Å². The lowest BCUT2D eigenvalue weighted by Gasteiger charge is -2.35. The van der Waals surface area contributed by atoms with Crippen LogP contribution in [-0.2, 0) is 0 Å². The first-order valence-corrected chi connectivity index (χ1v) is 9.55. The van der Waals surface area contributed by atoms with Crippen molar-refractivity contribution in [3.63, 3.8) is 0 Å². The molecule has 2 heterocycles. The lowest BCUT2D eigenvalue weighted by Crippen LogP contribution is -2.48. The van der Waals surface area contributed by atoms with E-state index in [1.807, 2.05) is 11.8 Å². The summed E-state index contributed by atoms with van der Waals surface area (Å²) in [6.45, 7) is 5.56. The summed E-state index contributed by atoms with van der Waals surface area (Å²) in [5.41, 5.74) is 0.276. The third-order valence-corrected chi connectivity index (χ3v) is 7.15. The minimum Gasteiger partial charge on any atom is -0.360 e. The SMILES string of the molecule is CCC1(C)CCSC(=NCC2CSCCS2)N1. The second kappa shape index (κ2) is 6.62. The van der Waals surface area contributed by atoms with Crippen LogP contribution in [0.2, 0.25) is 0 Å². The van der Waals surface area contributed by atoms with Crippen LogP contribution in [-0.4, -0.2) is 45.5 Å². The summed E-state index contributed by atoms with van der Waals surface area (Å²) in [6.07, 6.45) is 2.43. The van der Waals surface area contributed by atoms with Gasteiger partial charge in [0.1, 0.15) is 0 Å². The molecule has 0 saturated carbocycles. The van der Waals surface area contributed by atoms with Crippen LogP contribution >= 0.6 is 35.3 Å². The lowest BCUT2D eigenvalue weighted by molar-refractivity contribution is 0.390. The third kappa shape index (κ3) is 4.28. The molecule has 2 aliphatic heterocycles. The van der Waals surface area contributed by atoms with E-state index in [-0.39, 0.29) is 5.54 Å². The zero-order valence-corrected chi connectivity index (χ0v) is 13.1. The summed E-state index contributed by atoms with van der Waals surface area (Å²) in [5, 5.41) is 5.53. The zero-order valence-electron chi connectivity index (χ0n) is 10.7. The molecule has 2 saturated heterocycles. The van der Waals surface area contributed by atoms with Crippen LogP contribution in [0.15, 0.2) is 4.99 Å². The molecule has 1 N–H and O–H groups in total. The first-order valence-electron chi connectivity index (χ1n) is 6.37. The Morgan fingerprint density at radius 1 is 1.41 bits per heavy atom. The Hall–Kier alpha value is 0.520. The minimum absolute atomic E-state index is 0.276. The fraction of sp³-hybridized carbons (Fsp3) is 0.917. The van der Waals surface area contributed by atoms with Gasteiger partial charge in [0.2, 0.25) is 0 Å². The zero-order chi connectivity index (χ0) is 12.1. The normalized spacial score (nSPS) is 36.8. The standard InChI is InChI=1S/C12H22N2S3/c1-3-12(2)4-5-17-11(14-12)13-8-10-9-15-6-7-16-10/h10H,3-9H2,1-2H3,(H,13,14). The molecule has 0 spiro atoms. The molecule has 0 aliphatic carbocycles. The van der Waals surface area contributed by atoms with E-state index < -0.39 is 0 Å². The number of amidine groups is 1. The number of hydrogen-bond acceptors (Lipinski definition) is 4. The highest BCUT2D eigenvalue weighted by atomic mass is 32.2. The molecule has 0 aromatic rings. The number of aliphatic imine (C=N–C) groups is 1. The van der Waals surface area contributed by atoms with Gasteiger partial charge in [-0.3, -0.25) is 4.99 Å². The van der Waals surface area contributed by atoms with E-state index in [0.717, 1.165) is 11.8 Å². The van der Waals surface area contributed by atoms with E-state index in [2.05, 4.69) is 42.7 Å². The van der Waals surface area contributed by atoms with Gasteiger partial charge in [0.25, 0.3) is 0 Å². The average Bonchev–Trinajstić information content (AvgIpc) is 2.38. The summed E-state index contributed by atoms with van der Waals surface area (Å²) in [6, 6.07) is 0. The number of hydrogen-bond donors (Lipinski definition) is 1. The Morgan fingerprint density at radius 2 is 2.29 bits per heavy atom. The molecule has 2 unspecified atom stereocenters. The third-order valence-electron chi connectivity index (χ3n) is 3.41. The van der Waals surface area contributed by atoms with Crippen molar-refractivity contribution in [1.29, 1.82) is 0 Å². The van der Waals surface area contributed by atoms with Crippen LogP contribution in [0.25, 0.3) is 0 Å². The van der Waals surface area contributed by atoms with Crippen molar-refractivity contribution in [3.05, 3.63) is 0 Å². The minimum atomic E-state index is 0.276. The molecule has 0 radical (unpaired) electrons. The van der Waals surface area contributed by atoms with Crippen LogP contribution < -0.4 is 5.32 Å². The van der Waals surface area contributed by atoms with Gasteiger partial charge in [0, 0.05) is 33.8 Å². The maximum Gasteiger partial charge on any atom is 0.157 e. The molecule has 0 aromatic heterocycles. The molecular formula is C12H22N2S3. The first kappa shape index (κ1) is 13.9. The second-order valence-electron chi connectivity index (χ2n) is 4.85. The monoisotopic (exact) mass is 290 g/mol. The number of rotatable bonds is 3. The maximum atomic E-state index is 4.78. The molecular weight excluding hydrogens is 268 g/mol. The summed E-state index contributed by atoms with van der Waals surface area (Å²) >= 11 is 6.06. The summed E-state index contributed by atoms with van der Waals surface area (Å²) < 4.78 is 0. The van der Waals surface area contributed by atoms with Gasteiger partial charge in [-0.2, -0.15) is 23.5 Å². The topological polar surface area (TPSA) is 24.4 Å². The summed E-state index contributed by atoms with van der Waals surface area (Å²) in [5.74, 6) is 5.10. The van der Waals surface area contributed by atoms with Gasteiger partial charge in [-0.25, -0.2) is 0 Å². The van der Waals surface area contributed by atoms with E-state index in [9.17, 15) is 0 Å². The molecule has 2 nitrogen and oxygen atoms in total. The molecule has 0 aromatic carbocycles. The van der Waals surface area contributed by atoms with Crippen LogP contribution in [0.5, 0.6) is 0 Å². The Kier molecular flexibility index (Phi) is 5.43. The largest absolute Gasteiger partial charge is 0.360 e. The smallest absolute Gasteiger partial charge is 0.157 e. The van der Waals surface area contributed by atoms with Crippen LogP contribution in [0.4, 0.5) is 0 Å². The molecule has 17 heavy (non-hydrogen) atoms. The van der Waals surface area contributed by atoms with E-state index >= 15 is 0 Å². The van der Waals surface area contributed by atoms with Gasteiger partial charge in [0.15, 0.2) is 5.17 Å². The first-order chi connectivity index (χ1) is 8.22. The predicted molar refractivity (Wildman–Crippen MR) is 84.8 cm³/mol. The fourth-order valence-electron chi connectivity index (χ4n) is 1.91. The highest BCUT2D eigenvalue weighted by Gasteiger charge is 2.27. The number of nitrogens with one attached hydrogen (secondary N) is 1. The average molecular weight is 291 g/mol. The summed E-state index contributed by atoms with van der Waals surface area (Å²) in [4.78, 5) is 4.78. The Balaban J connectivity index is 1.83. The van der Waals surface area contributed by atoms with Crippen molar-refractivity contribution in [1.82, 2.24) is 5.32 Å². The number of nitrogens with zero attached hydrogens (tertiary/aromatic N) is 1. The Morgan fingerprint density at radius 3 is 3.00 bits per heavy atom. The van der Waals surface area contributed by atoms with Crippen molar-refractivity contribution in [2.24, 2.45) is 4.99 Å². The van der Waals surface area contributed by atoms with Crippen LogP contribution in [0, 0.1) is 0 Å². The molecule has 2 atom stereocenters. The van der Waals surface area contributed by atoms with Gasteiger partial charge < -0.3 is 5.32 Å². The van der Waals surface area contributed by atoms with Crippen molar-refractivity contribution < 1.29 is 0 Å². The van der Waals surface area contributed by atoms with Crippen molar-refractivity contribution in [2.45, 2.75) is 37.5 Å². The highest BCUT2D eigenvalue weighted by molar-refractivity contribution is 8.13. The van der Waals surface area contributed by atoms with Crippen LogP contribution in [0.3, 0.4) is 0 Å².